The van der Waals surface area contributed by atoms with Crippen LogP contribution in [0.4, 0.5) is 0 Å². The minimum absolute atomic E-state index is 0.164. The molecule has 1 fully saturated rings. The van der Waals surface area contributed by atoms with Crippen LogP contribution in [0.25, 0.3) is 0 Å². The van der Waals surface area contributed by atoms with Crippen LogP contribution in [0.1, 0.15) is 73.1 Å². The highest BCUT2D eigenvalue weighted by atomic mass is 32.2. The molecule has 0 saturated carbocycles. The molecule has 1 saturated heterocycles. The normalized spacial score (nSPS) is 21.2. The van der Waals surface area contributed by atoms with Crippen molar-refractivity contribution in [1.29, 1.82) is 0 Å². The molecule has 5 N–H and O–H groups in total. The molecule has 0 aromatic rings. The largest absolute Gasteiger partial charge is 0.481 e. The Kier molecular flexibility index (Phi) is 12.1. The van der Waals surface area contributed by atoms with Gasteiger partial charge in [-0.15, -0.1) is 0 Å². The number of carbonyl (C=O) groups excluding carboxylic acids is 5. The number of amides is 3. The molecule has 0 aliphatic carbocycles. The van der Waals surface area contributed by atoms with Crippen molar-refractivity contribution in [3.05, 3.63) is 0 Å². The first-order valence-corrected chi connectivity index (χ1v) is 13.4. The van der Waals surface area contributed by atoms with E-state index in [2.05, 4.69) is 16.0 Å². The number of rotatable bonds is 13. The number of hydrogen-bond acceptors (Lipinski definition) is 9. The first kappa shape index (κ1) is 32.4. The van der Waals surface area contributed by atoms with Gasteiger partial charge in [-0.2, -0.15) is 0 Å². The Morgan fingerprint density at radius 3 is 1.95 bits per heavy atom. The molecule has 14 heteroatoms. The van der Waals surface area contributed by atoms with Crippen molar-refractivity contribution in [1.82, 2.24) is 16.0 Å². The lowest BCUT2D eigenvalue weighted by molar-refractivity contribution is -0.138. The number of piperidine rings is 1. The van der Waals surface area contributed by atoms with E-state index >= 15 is 0 Å². The molecule has 37 heavy (non-hydrogen) atoms. The minimum atomic E-state index is -1.13. The molecule has 0 spiro atoms. The highest BCUT2D eigenvalue weighted by Crippen LogP contribution is 2.41. The van der Waals surface area contributed by atoms with Crippen LogP contribution in [-0.2, 0) is 33.6 Å². The first-order chi connectivity index (χ1) is 17.0. The predicted octanol–water partition coefficient (Wildman–Crippen LogP) is 1.06. The monoisotopic (exact) mass is 561 g/mol. The van der Waals surface area contributed by atoms with Crippen LogP contribution in [0, 0.1) is 0 Å². The number of carbonyl (C=O) groups is 7. The molecule has 4 atom stereocenters. The zero-order chi connectivity index (χ0) is 28.6. The summed E-state index contributed by atoms with van der Waals surface area (Å²) in [6, 6.07) is -1.58. The van der Waals surface area contributed by atoms with E-state index in [1.165, 1.54) is 13.8 Å². The standard InChI is InChI=1S/C23H35N3O9S2/c1-12(27)24-20-15(36-18(33)8-6-16(29)30)10-14(25-21(20)35)11-23(5,26-13(2)28)22(3,4)37-19(34)9-7-17(31)32/h14-15,20H,6-11H2,1-5H3,(H,24,27)(H,25,35)(H,26,28)(H,29,30)(H,31,32). The maximum Gasteiger partial charge on any atom is 0.303 e. The lowest BCUT2D eigenvalue weighted by Gasteiger charge is -2.47. The maximum absolute atomic E-state index is 12.9. The Morgan fingerprint density at radius 2 is 1.46 bits per heavy atom. The summed E-state index contributed by atoms with van der Waals surface area (Å²) in [5.74, 6) is -3.60. The second-order valence-electron chi connectivity index (χ2n) is 9.64. The van der Waals surface area contributed by atoms with Gasteiger partial charge in [0.15, 0.2) is 10.2 Å². The van der Waals surface area contributed by atoms with E-state index in [9.17, 15) is 33.6 Å². The number of hydrogen-bond donors (Lipinski definition) is 5. The molecule has 1 rings (SSSR count). The van der Waals surface area contributed by atoms with Crippen molar-refractivity contribution in [2.45, 2.75) is 101 Å². The second kappa shape index (κ2) is 13.8. The third kappa shape index (κ3) is 10.7. The van der Waals surface area contributed by atoms with Crippen molar-refractivity contribution < 1.29 is 43.8 Å². The molecule has 0 aromatic carbocycles. The van der Waals surface area contributed by atoms with Gasteiger partial charge in [-0.3, -0.25) is 33.6 Å². The van der Waals surface area contributed by atoms with Crippen LogP contribution in [0.15, 0.2) is 0 Å². The fourth-order valence-electron chi connectivity index (χ4n) is 3.99. The van der Waals surface area contributed by atoms with E-state index in [0.29, 0.717) is 0 Å². The molecule has 1 aliphatic heterocycles. The summed E-state index contributed by atoms with van der Waals surface area (Å²) < 4.78 is -0.923. The topological polar surface area (TPSA) is 196 Å². The van der Waals surface area contributed by atoms with Gasteiger partial charge in [0.05, 0.1) is 18.4 Å². The number of carboxylic acids is 2. The van der Waals surface area contributed by atoms with Crippen LogP contribution < -0.4 is 16.0 Å². The summed E-state index contributed by atoms with van der Waals surface area (Å²) in [6.07, 6.45) is -0.713. The van der Waals surface area contributed by atoms with Crippen LogP contribution in [0.3, 0.4) is 0 Å². The van der Waals surface area contributed by atoms with Crippen molar-refractivity contribution >= 4 is 63.4 Å². The molecule has 1 aliphatic rings. The van der Waals surface area contributed by atoms with Gasteiger partial charge in [-0.05, 0) is 33.6 Å². The molecular weight excluding hydrogens is 526 g/mol. The fourth-order valence-corrected chi connectivity index (χ4v) is 6.33. The summed E-state index contributed by atoms with van der Waals surface area (Å²) in [7, 11) is 0. The van der Waals surface area contributed by atoms with E-state index in [1.54, 1.807) is 20.8 Å². The number of aliphatic carboxylic acids is 2. The molecule has 4 unspecified atom stereocenters. The summed E-state index contributed by atoms with van der Waals surface area (Å²) >= 11 is 1.72. The lowest BCUT2D eigenvalue weighted by Crippen LogP contribution is -2.65. The van der Waals surface area contributed by atoms with Gasteiger partial charge in [0.25, 0.3) is 0 Å². The van der Waals surface area contributed by atoms with Gasteiger partial charge in [-0.1, -0.05) is 23.5 Å². The highest BCUT2D eigenvalue weighted by molar-refractivity contribution is 8.14. The van der Waals surface area contributed by atoms with E-state index < -0.39 is 56.5 Å². The SMILES string of the molecule is CC(=O)NC1C(=O)NC(CC(C)(NC(C)=O)C(C)(C)SC(=O)CCC(=O)O)CC1SC(=O)CCC(=O)O. The molecule has 208 valence electrons. The molecular formula is C23H35N3O9S2. The third-order valence-corrected chi connectivity index (χ3v) is 8.68. The summed E-state index contributed by atoms with van der Waals surface area (Å²) in [5, 5.41) is 24.5. The Hall–Kier alpha value is -2.61. The van der Waals surface area contributed by atoms with Gasteiger partial charge >= 0.3 is 11.9 Å². The molecule has 1 heterocycles. The average molecular weight is 562 g/mol. The zero-order valence-electron chi connectivity index (χ0n) is 21.5. The van der Waals surface area contributed by atoms with Crippen molar-refractivity contribution in [2.75, 3.05) is 0 Å². The predicted molar refractivity (Wildman–Crippen MR) is 138 cm³/mol. The first-order valence-electron chi connectivity index (χ1n) is 11.7. The Bertz CT molecular complexity index is 940. The molecule has 0 radical (unpaired) electrons. The van der Waals surface area contributed by atoms with Crippen LogP contribution in [0.5, 0.6) is 0 Å². The van der Waals surface area contributed by atoms with Crippen molar-refractivity contribution in [3.8, 4) is 0 Å². The summed E-state index contributed by atoms with van der Waals surface area (Å²) in [4.78, 5) is 83.3. The Labute approximate surface area is 223 Å². The van der Waals surface area contributed by atoms with Gasteiger partial charge in [0, 0.05) is 42.7 Å². The molecule has 3 amide bonds. The fraction of sp³-hybridized carbons (Fsp3) is 0.696. The summed E-state index contributed by atoms with van der Waals surface area (Å²) in [6.45, 7) is 7.75. The lowest BCUT2D eigenvalue weighted by atomic mass is 9.79. The Morgan fingerprint density at radius 1 is 0.919 bits per heavy atom. The maximum atomic E-state index is 12.9. The molecule has 0 bridgehead atoms. The second-order valence-corrected chi connectivity index (χ2v) is 12.6. The van der Waals surface area contributed by atoms with Crippen LogP contribution in [0.2, 0.25) is 0 Å². The minimum Gasteiger partial charge on any atom is -0.481 e. The number of thioether (sulfide) groups is 2. The average Bonchev–Trinajstić information content (AvgIpc) is 2.72. The van der Waals surface area contributed by atoms with Gasteiger partial charge in [0.2, 0.25) is 17.7 Å². The third-order valence-electron chi connectivity index (χ3n) is 6.05. The molecule has 0 aromatic heterocycles. The van der Waals surface area contributed by atoms with E-state index in [0.717, 1.165) is 23.5 Å². The van der Waals surface area contributed by atoms with Gasteiger partial charge in [-0.25, -0.2) is 0 Å². The number of carboxylic acid groups (broad SMARTS) is 2. The summed E-state index contributed by atoms with van der Waals surface area (Å²) in [5.41, 5.74) is -1.05. The quantitative estimate of drug-likeness (QED) is 0.216. The van der Waals surface area contributed by atoms with Crippen LogP contribution >= 0.6 is 23.5 Å². The molecule has 12 nitrogen and oxygen atoms in total. The zero-order valence-corrected chi connectivity index (χ0v) is 23.2. The number of nitrogens with one attached hydrogen (secondary N) is 3. The highest BCUT2D eigenvalue weighted by Gasteiger charge is 2.48. The van der Waals surface area contributed by atoms with Crippen LogP contribution in [-0.4, -0.2) is 77.7 Å². The smallest absolute Gasteiger partial charge is 0.303 e. The van der Waals surface area contributed by atoms with Gasteiger partial charge in [0.1, 0.15) is 6.04 Å². The van der Waals surface area contributed by atoms with E-state index in [4.69, 9.17) is 10.2 Å². The van der Waals surface area contributed by atoms with Gasteiger partial charge < -0.3 is 26.2 Å². The van der Waals surface area contributed by atoms with Crippen molar-refractivity contribution in [3.63, 3.8) is 0 Å². The van der Waals surface area contributed by atoms with Crippen molar-refractivity contribution in [2.24, 2.45) is 0 Å². The van der Waals surface area contributed by atoms with E-state index in [-0.39, 0.29) is 49.5 Å². The Balaban J connectivity index is 3.16. The van der Waals surface area contributed by atoms with E-state index in [1.807, 2.05) is 0 Å².